The van der Waals surface area contributed by atoms with E-state index in [9.17, 15) is 9.90 Å². The maximum absolute atomic E-state index is 11.1. The molecule has 0 atom stereocenters. The third-order valence-electron chi connectivity index (χ3n) is 4.37. The predicted molar refractivity (Wildman–Crippen MR) is 52.0 cm³/mol. The number of carbonyl (C=O) groups is 1. The summed E-state index contributed by atoms with van der Waals surface area (Å²) < 4.78 is 0. The fourth-order valence-electron chi connectivity index (χ4n) is 2.98. The SMILES string of the molecule is O=C(O)C1(CN2CC3(CC3)C2)CCC1. The summed E-state index contributed by atoms with van der Waals surface area (Å²) in [6.45, 7) is 3.15. The minimum absolute atomic E-state index is 0.365. The van der Waals surface area contributed by atoms with E-state index in [1.807, 2.05) is 0 Å². The Balaban J connectivity index is 1.58. The highest BCUT2D eigenvalue weighted by Crippen LogP contribution is 2.54. The monoisotopic (exact) mass is 195 g/mol. The van der Waals surface area contributed by atoms with Crippen molar-refractivity contribution in [3.05, 3.63) is 0 Å². The summed E-state index contributed by atoms with van der Waals surface area (Å²) in [4.78, 5) is 13.5. The molecule has 78 valence electrons. The molecule has 0 unspecified atom stereocenters. The minimum atomic E-state index is -0.569. The lowest BCUT2D eigenvalue weighted by Gasteiger charge is -2.48. The Bertz CT molecular complexity index is 271. The minimum Gasteiger partial charge on any atom is -0.481 e. The van der Waals surface area contributed by atoms with Gasteiger partial charge in [-0.15, -0.1) is 0 Å². The van der Waals surface area contributed by atoms with Gasteiger partial charge in [0.05, 0.1) is 5.41 Å². The van der Waals surface area contributed by atoms with Gasteiger partial charge < -0.3 is 10.0 Å². The standard InChI is InChI=1S/C11H17NO2/c13-9(14)11(2-1-3-11)8-12-6-10(7-12)4-5-10/h1-8H2,(H,13,14). The van der Waals surface area contributed by atoms with Crippen molar-refractivity contribution < 1.29 is 9.90 Å². The van der Waals surface area contributed by atoms with Gasteiger partial charge in [-0.05, 0) is 31.1 Å². The molecule has 3 aliphatic rings. The molecule has 0 amide bonds. The number of aliphatic carboxylic acids is 1. The van der Waals surface area contributed by atoms with Crippen LogP contribution < -0.4 is 0 Å². The van der Waals surface area contributed by atoms with Crippen LogP contribution >= 0.6 is 0 Å². The Morgan fingerprint density at radius 2 is 1.86 bits per heavy atom. The van der Waals surface area contributed by atoms with Crippen LogP contribution in [0.5, 0.6) is 0 Å². The third-order valence-corrected chi connectivity index (χ3v) is 4.37. The van der Waals surface area contributed by atoms with Crippen LogP contribution in [0.25, 0.3) is 0 Å². The first-order valence-corrected chi connectivity index (χ1v) is 5.60. The fraction of sp³-hybridized carbons (Fsp3) is 0.909. The molecule has 3 nitrogen and oxygen atoms in total. The van der Waals surface area contributed by atoms with Crippen LogP contribution in [0.3, 0.4) is 0 Å². The zero-order chi connectivity index (χ0) is 9.81. The highest BCUT2D eigenvalue weighted by atomic mass is 16.4. The molecule has 0 aromatic carbocycles. The van der Waals surface area contributed by atoms with Gasteiger partial charge in [0.25, 0.3) is 0 Å². The molecule has 1 aliphatic heterocycles. The maximum Gasteiger partial charge on any atom is 0.310 e. The molecular formula is C11H17NO2. The molecule has 0 aromatic heterocycles. The van der Waals surface area contributed by atoms with E-state index in [4.69, 9.17) is 0 Å². The first-order valence-electron chi connectivity index (χ1n) is 5.60. The summed E-state index contributed by atoms with van der Waals surface area (Å²) in [6, 6.07) is 0. The molecule has 3 heteroatoms. The van der Waals surface area contributed by atoms with E-state index in [0.717, 1.165) is 25.8 Å². The number of hydrogen-bond donors (Lipinski definition) is 1. The molecule has 2 aliphatic carbocycles. The van der Waals surface area contributed by atoms with Crippen LogP contribution in [0.15, 0.2) is 0 Å². The Kier molecular flexibility index (Phi) is 1.56. The van der Waals surface area contributed by atoms with E-state index in [-0.39, 0.29) is 5.41 Å². The van der Waals surface area contributed by atoms with Crippen LogP contribution in [-0.4, -0.2) is 35.6 Å². The lowest BCUT2D eigenvalue weighted by Crippen LogP contribution is -2.56. The Labute approximate surface area is 84.1 Å². The van der Waals surface area contributed by atoms with Crippen molar-refractivity contribution >= 4 is 5.97 Å². The molecule has 1 N–H and O–H groups in total. The first kappa shape index (κ1) is 8.72. The summed E-state index contributed by atoms with van der Waals surface area (Å²) >= 11 is 0. The molecule has 3 rings (SSSR count). The summed E-state index contributed by atoms with van der Waals surface area (Å²) in [7, 11) is 0. The molecular weight excluding hydrogens is 178 g/mol. The van der Waals surface area contributed by atoms with E-state index >= 15 is 0 Å². The second-order valence-electron chi connectivity index (χ2n) is 5.58. The topological polar surface area (TPSA) is 40.5 Å². The Morgan fingerprint density at radius 1 is 1.21 bits per heavy atom. The lowest BCUT2D eigenvalue weighted by molar-refractivity contribution is -0.158. The van der Waals surface area contributed by atoms with E-state index in [2.05, 4.69) is 4.90 Å². The van der Waals surface area contributed by atoms with Crippen molar-refractivity contribution in [2.24, 2.45) is 10.8 Å². The van der Waals surface area contributed by atoms with Gasteiger partial charge in [0.2, 0.25) is 0 Å². The van der Waals surface area contributed by atoms with Gasteiger partial charge in [0, 0.05) is 19.6 Å². The molecule has 1 heterocycles. The van der Waals surface area contributed by atoms with Crippen molar-refractivity contribution in [1.82, 2.24) is 4.90 Å². The van der Waals surface area contributed by atoms with E-state index in [1.165, 1.54) is 25.9 Å². The number of likely N-dealkylation sites (tertiary alicyclic amines) is 1. The molecule has 0 radical (unpaired) electrons. The first-order chi connectivity index (χ1) is 6.64. The molecule has 1 saturated heterocycles. The molecule has 0 aromatic rings. The second-order valence-corrected chi connectivity index (χ2v) is 5.58. The number of hydrogen-bond acceptors (Lipinski definition) is 2. The summed E-state index contributed by atoms with van der Waals surface area (Å²) in [5.74, 6) is -0.569. The second kappa shape index (κ2) is 2.51. The zero-order valence-electron chi connectivity index (χ0n) is 8.46. The van der Waals surface area contributed by atoms with E-state index < -0.39 is 5.97 Å². The third kappa shape index (κ3) is 1.11. The average molecular weight is 195 g/mol. The van der Waals surface area contributed by atoms with Crippen LogP contribution in [0.2, 0.25) is 0 Å². The van der Waals surface area contributed by atoms with Crippen molar-refractivity contribution in [1.29, 1.82) is 0 Å². The number of carboxylic acid groups (broad SMARTS) is 1. The average Bonchev–Trinajstić information content (AvgIpc) is 2.73. The highest BCUT2D eigenvalue weighted by Gasteiger charge is 2.55. The van der Waals surface area contributed by atoms with Crippen LogP contribution in [0.1, 0.15) is 32.1 Å². The van der Waals surface area contributed by atoms with Gasteiger partial charge in [-0.3, -0.25) is 4.79 Å². The quantitative estimate of drug-likeness (QED) is 0.738. The summed E-state index contributed by atoms with van der Waals surface area (Å²) in [5.41, 5.74) is 0.292. The van der Waals surface area contributed by atoms with Crippen molar-refractivity contribution in [3.63, 3.8) is 0 Å². The maximum atomic E-state index is 11.1. The van der Waals surface area contributed by atoms with Crippen LogP contribution in [0, 0.1) is 10.8 Å². The molecule has 2 saturated carbocycles. The van der Waals surface area contributed by atoms with Gasteiger partial charge in [0.15, 0.2) is 0 Å². The molecule has 3 fully saturated rings. The number of rotatable bonds is 3. The van der Waals surface area contributed by atoms with Crippen molar-refractivity contribution in [3.8, 4) is 0 Å². The van der Waals surface area contributed by atoms with Crippen molar-refractivity contribution in [2.75, 3.05) is 19.6 Å². The Morgan fingerprint density at radius 3 is 2.21 bits per heavy atom. The van der Waals surface area contributed by atoms with Crippen LogP contribution in [0.4, 0.5) is 0 Å². The van der Waals surface area contributed by atoms with Crippen molar-refractivity contribution in [2.45, 2.75) is 32.1 Å². The zero-order valence-corrected chi connectivity index (χ0v) is 8.46. The Hall–Kier alpha value is -0.570. The van der Waals surface area contributed by atoms with E-state index in [0.29, 0.717) is 5.41 Å². The highest BCUT2D eigenvalue weighted by molar-refractivity contribution is 5.76. The lowest BCUT2D eigenvalue weighted by atomic mass is 9.68. The predicted octanol–water partition coefficient (Wildman–Crippen LogP) is 1.34. The molecule has 14 heavy (non-hydrogen) atoms. The number of nitrogens with zero attached hydrogens (tertiary/aromatic N) is 1. The van der Waals surface area contributed by atoms with Crippen LogP contribution in [-0.2, 0) is 4.79 Å². The fourth-order valence-corrected chi connectivity index (χ4v) is 2.98. The van der Waals surface area contributed by atoms with Gasteiger partial charge in [-0.25, -0.2) is 0 Å². The summed E-state index contributed by atoms with van der Waals surface area (Å²) in [6.07, 6.45) is 5.65. The van der Waals surface area contributed by atoms with Gasteiger partial charge in [-0.1, -0.05) is 6.42 Å². The smallest absolute Gasteiger partial charge is 0.310 e. The molecule has 1 spiro atoms. The number of carboxylic acids is 1. The van der Waals surface area contributed by atoms with Gasteiger partial charge in [0.1, 0.15) is 0 Å². The normalized spacial score (nSPS) is 32.0. The molecule has 0 bridgehead atoms. The van der Waals surface area contributed by atoms with Gasteiger partial charge >= 0.3 is 5.97 Å². The van der Waals surface area contributed by atoms with E-state index in [1.54, 1.807) is 0 Å². The summed E-state index contributed by atoms with van der Waals surface area (Å²) in [5, 5.41) is 9.17. The largest absolute Gasteiger partial charge is 0.481 e. The van der Waals surface area contributed by atoms with Gasteiger partial charge in [-0.2, -0.15) is 0 Å².